The van der Waals surface area contributed by atoms with Gasteiger partial charge in [0.15, 0.2) is 5.96 Å². The van der Waals surface area contributed by atoms with Gasteiger partial charge < -0.3 is 15.5 Å². The minimum absolute atomic E-state index is 0. The first-order valence-electron chi connectivity index (χ1n) is 8.22. The van der Waals surface area contributed by atoms with Gasteiger partial charge in [-0.05, 0) is 66.1 Å². The summed E-state index contributed by atoms with van der Waals surface area (Å²) in [6, 6.07) is 0. The van der Waals surface area contributed by atoms with Gasteiger partial charge in [0.1, 0.15) is 0 Å². The van der Waals surface area contributed by atoms with E-state index in [1.807, 2.05) is 7.05 Å². The Kier molecular flexibility index (Phi) is 11.5. The lowest BCUT2D eigenvalue weighted by molar-refractivity contribution is 0.224. The molecule has 0 aromatic heterocycles. The molecule has 0 aliphatic carbocycles. The molecule has 0 unspecified atom stereocenters. The number of halogens is 1. The second-order valence-corrected chi connectivity index (χ2v) is 6.84. The first kappa shape index (κ1) is 21.0. The van der Waals surface area contributed by atoms with E-state index in [1.54, 1.807) is 0 Å². The molecule has 0 radical (unpaired) electrons. The van der Waals surface area contributed by atoms with Gasteiger partial charge in [-0.15, -0.1) is 24.0 Å². The van der Waals surface area contributed by atoms with Gasteiger partial charge in [-0.1, -0.05) is 12.8 Å². The van der Waals surface area contributed by atoms with Gasteiger partial charge in [-0.25, -0.2) is 0 Å². The second-order valence-electron chi connectivity index (χ2n) is 6.84. The summed E-state index contributed by atoms with van der Waals surface area (Å²) < 4.78 is 0. The Morgan fingerprint density at radius 2 is 1.71 bits per heavy atom. The zero-order chi connectivity index (χ0) is 14.8. The number of aliphatic imine (C=N–C) groups is 1. The normalized spacial score (nSPS) is 17.2. The number of likely N-dealkylation sites (tertiary alicyclic amines) is 1. The van der Waals surface area contributed by atoms with Gasteiger partial charge in [0.2, 0.25) is 0 Å². The SMILES string of the molecule is CN=C(NCCCCCN1CCCCC1)NC(C)(C)C.I. The Balaban J connectivity index is 0.00000400. The summed E-state index contributed by atoms with van der Waals surface area (Å²) in [6.45, 7) is 11.4. The molecule has 1 aliphatic heterocycles. The van der Waals surface area contributed by atoms with Crippen LogP contribution in [0.4, 0.5) is 0 Å². The fourth-order valence-electron chi connectivity index (χ4n) is 2.56. The van der Waals surface area contributed by atoms with Gasteiger partial charge >= 0.3 is 0 Å². The number of hydrogen-bond donors (Lipinski definition) is 2. The standard InChI is InChI=1S/C16H34N4.HI/c1-16(2,3)19-15(17-4)18-11-7-5-8-12-20-13-9-6-10-14-20;/h5-14H2,1-4H3,(H2,17,18,19);1H. The molecule has 126 valence electrons. The number of nitrogens with one attached hydrogen (secondary N) is 2. The van der Waals surface area contributed by atoms with Crippen LogP contribution in [0.2, 0.25) is 0 Å². The highest BCUT2D eigenvalue weighted by Crippen LogP contribution is 2.09. The minimum atomic E-state index is 0. The van der Waals surface area contributed by atoms with Crippen molar-refractivity contribution in [3.8, 4) is 0 Å². The van der Waals surface area contributed by atoms with Crippen LogP contribution < -0.4 is 10.6 Å². The van der Waals surface area contributed by atoms with Gasteiger partial charge in [0, 0.05) is 19.1 Å². The molecule has 0 aromatic carbocycles. The maximum absolute atomic E-state index is 4.25. The smallest absolute Gasteiger partial charge is 0.191 e. The van der Waals surface area contributed by atoms with Crippen molar-refractivity contribution in [2.75, 3.05) is 33.2 Å². The third kappa shape index (κ3) is 11.2. The number of unbranched alkanes of at least 4 members (excludes halogenated alkanes) is 2. The third-order valence-corrected chi connectivity index (χ3v) is 3.61. The molecular weight excluding hydrogens is 375 g/mol. The lowest BCUT2D eigenvalue weighted by atomic mass is 10.1. The molecule has 21 heavy (non-hydrogen) atoms. The number of rotatable bonds is 6. The Labute approximate surface area is 148 Å². The number of hydrogen-bond acceptors (Lipinski definition) is 2. The summed E-state index contributed by atoms with van der Waals surface area (Å²) in [7, 11) is 1.83. The van der Waals surface area contributed by atoms with E-state index < -0.39 is 0 Å². The van der Waals surface area contributed by atoms with E-state index in [4.69, 9.17) is 0 Å². The molecular formula is C16H35IN4. The van der Waals surface area contributed by atoms with Crippen LogP contribution in [-0.4, -0.2) is 49.6 Å². The average molecular weight is 410 g/mol. The molecule has 0 spiro atoms. The summed E-state index contributed by atoms with van der Waals surface area (Å²) in [5, 5.41) is 6.77. The Morgan fingerprint density at radius 3 is 2.29 bits per heavy atom. The summed E-state index contributed by atoms with van der Waals surface area (Å²) in [5.74, 6) is 0.911. The molecule has 4 nitrogen and oxygen atoms in total. The molecule has 0 saturated carbocycles. The number of guanidine groups is 1. The van der Waals surface area contributed by atoms with Gasteiger partial charge in [0.25, 0.3) is 0 Å². The van der Waals surface area contributed by atoms with E-state index in [-0.39, 0.29) is 29.5 Å². The largest absolute Gasteiger partial charge is 0.356 e. The Morgan fingerprint density at radius 1 is 1.05 bits per heavy atom. The number of piperidine rings is 1. The Bertz CT molecular complexity index is 280. The average Bonchev–Trinajstić information content (AvgIpc) is 2.41. The van der Waals surface area contributed by atoms with Crippen LogP contribution in [0.3, 0.4) is 0 Å². The topological polar surface area (TPSA) is 39.7 Å². The predicted octanol–water partition coefficient (Wildman–Crippen LogP) is 3.22. The molecule has 1 rings (SSSR count). The van der Waals surface area contributed by atoms with Crippen LogP contribution in [0.15, 0.2) is 4.99 Å². The molecule has 2 N–H and O–H groups in total. The van der Waals surface area contributed by atoms with Crippen molar-refractivity contribution in [1.29, 1.82) is 0 Å². The first-order valence-corrected chi connectivity index (χ1v) is 8.22. The summed E-state index contributed by atoms with van der Waals surface area (Å²) in [6.07, 6.45) is 8.08. The van der Waals surface area contributed by atoms with Crippen LogP contribution in [0.5, 0.6) is 0 Å². The van der Waals surface area contributed by atoms with Crippen LogP contribution in [0, 0.1) is 0 Å². The zero-order valence-electron chi connectivity index (χ0n) is 14.4. The molecule has 1 saturated heterocycles. The third-order valence-electron chi connectivity index (χ3n) is 3.61. The molecule has 0 bridgehead atoms. The summed E-state index contributed by atoms with van der Waals surface area (Å²) >= 11 is 0. The van der Waals surface area contributed by atoms with E-state index >= 15 is 0 Å². The van der Waals surface area contributed by atoms with E-state index in [9.17, 15) is 0 Å². The van der Waals surface area contributed by atoms with E-state index in [0.717, 1.165) is 12.5 Å². The van der Waals surface area contributed by atoms with Crippen LogP contribution in [0.1, 0.15) is 59.3 Å². The van der Waals surface area contributed by atoms with E-state index in [1.165, 1.54) is 58.2 Å². The molecule has 1 aliphatic rings. The zero-order valence-corrected chi connectivity index (χ0v) is 16.7. The van der Waals surface area contributed by atoms with Crippen molar-refractivity contribution < 1.29 is 0 Å². The first-order chi connectivity index (χ1) is 9.51. The van der Waals surface area contributed by atoms with Crippen LogP contribution in [-0.2, 0) is 0 Å². The van der Waals surface area contributed by atoms with Crippen molar-refractivity contribution in [3.05, 3.63) is 0 Å². The molecule has 0 atom stereocenters. The van der Waals surface area contributed by atoms with Crippen molar-refractivity contribution in [2.45, 2.75) is 64.8 Å². The van der Waals surface area contributed by atoms with Crippen molar-refractivity contribution in [3.63, 3.8) is 0 Å². The lowest BCUT2D eigenvalue weighted by Gasteiger charge is -2.26. The van der Waals surface area contributed by atoms with Crippen LogP contribution in [0.25, 0.3) is 0 Å². The van der Waals surface area contributed by atoms with Crippen molar-refractivity contribution in [2.24, 2.45) is 4.99 Å². The van der Waals surface area contributed by atoms with Crippen molar-refractivity contribution in [1.82, 2.24) is 15.5 Å². The summed E-state index contributed by atoms with van der Waals surface area (Å²) in [5.41, 5.74) is 0.0656. The quantitative estimate of drug-likeness (QED) is 0.306. The minimum Gasteiger partial charge on any atom is -0.356 e. The maximum Gasteiger partial charge on any atom is 0.191 e. The second kappa shape index (κ2) is 11.5. The molecule has 0 aromatic rings. The highest BCUT2D eigenvalue weighted by molar-refractivity contribution is 14.0. The van der Waals surface area contributed by atoms with E-state index in [2.05, 4.69) is 41.3 Å². The number of nitrogens with zero attached hydrogens (tertiary/aromatic N) is 2. The fourth-order valence-corrected chi connectivity index (χ4v) is 2.56. The highest BCUT2D eigenvalue weighted by Gasteiger charge is 2.11. The van der Waals surface area contributed by atoms with Crippen molar-refractivity contribution >= 4 is 29.9 Å². The maximum atomic E-state index is 4.25. The lowest BCUT2D eigenvalue weighted by Crippen LogP contribution is -2.47. The molecule has 5 heteroatoms. The van der Waals surface area contributed by atoms with Gasteiger partial charge in [-0.2, -0.15) is 0 Å². The molecule has 1 fully saturated rings. The fraction of sp³-hybridized carbons (Fsp3) is 0.938. The molecule has 1 heterocycles. The predicted molar refractivity (Wildman–Crippen MR) is 104 cm³/mol. The Hall–Kier alpha value is -0.0400. The monoisotopic (exact) mass is 410 g/mol. The van der Waals surface area contributed by atoms with Crippen LogP contribution >= 0.6 is 24.0 Å². The van der Waals surface area contributed by atoms with E-state index in [0.29, 0.717) is 0 Å². The molecule has 0 amide bonds. The van der Waals surface area contributed by atoms with Gasteiger partial charge in [0.05, 0.1) is 0 Å². The van der Waals surface area contributed by atoms with Gasteiger partial charge in [-0.3, -0.25) is 4.99 Å². The highest BCUT2D eigenvalue weighted by atomic mass is 127. The summed E-state index contributed by atoms with van der Waals surface area (Å²) in [4.78, 5) is 6.87.